The molecular formula is C43H57NO7. The van der Waals surface area contributed by atoms with Crippen molar-refractivity contribution in [3.63, 3.8) is 0 Å². The predicted molar refractivity (Wildman–Crippen MR) is 201 cm³/mol. The van der Waals surface area contributed by atoms with E-state index < -0.39 is 42.1 Å². The molecule has 51 heavy (non-hydrogen) atoms. The molecule has 8 nitrogen and oxygen atoms in total. The first-order valence-corrected chi connectivity index (χ1v) is 18.9. The Labute approximate surface area is 304 Å². The van der Waals surface area contributed by atoms with E-state index in [9.17, 15) is 19.2 Å². The zero-order chi connectivity index (χ0) is 36.6. The van der Waals surface area contributed by atoms with Crippen molar-refractivity contribution in [1.82, 2.24) is 5.32 Å². The van der Waals surface area contributed by atoms with Crippen LogP contribution >= 0.6 is 0 Å². The molecule has 1 amide bonds. The van der Waals surface area contributed by atoms with Crippen LogP contribution in [0.2, 0.25) is 0 Å². The summed E-state index contributed by atoms with van der Waals surface area (Å²) in [7, 11) is 1.19. The third kappa shape index (κ3) is 14.4. The van der Waals surface area contributed by atoms with Gasteiger partial charge in [-0.2, -0.15) is 0 Å². The highest BCUT2D eigenvalue weighted by molar-refractivity contribution is 5.99. The van der Waals surface area contributed by atoms with Crippen molar-refractivity contribution >= 4 is 23.8 Å². The first-order chi connectivity index (χ1) is 24.9. The summed E-state index contributed by atoms with van der Waals surface area (Å²) in [6, 6.07) is 25.2. The lowest BCUT2D eigenvalue weighted by molar-refractivity contribution is -0.156. The van der Waals surface area contributed by atoms with Gasteiger partial charge in [-0.1, -0.05) is 151 Å². The fourth-order valence-electron chi connectivity index (χ4n) is 6.21. The Bertz CT molecular complexity index is 1430. The minimum Gasteiger partial charge on any atom is -0.467 e. The van der Waals surface area contributed by atoms with Crippen LogP contribution < -0.4 is 5.32 Å². The highest BCUT2D eigenvalue weighted by Crippen LogP contribution is 2.26. The zero-order valence-corrected chi connectivity index (χ0v) is 30.6. The van der Waals surface area contributed by atoms with Gasteiger partial charge < -0.3 is 19.5 Å². The standard InChI is InChI=1S/C43H57NO7/c1-3-4-5-6-7-8-9-10-11-12-13-14-15-16-26-33-38(51-41(47)37-31-24-19-25-32-37)43(42(48)49-2,44-39(45)35-27-20-17-21-28-35)34-50-40(46)36-29-22-18-23-30-36/h17-25,27-32,38H,3-16,26,33-34H2,1-2H3,(H,44,45)/t38-,43-/m1/s1. The van der Waals surface area contributed by atoms with Gasteiger partial charge in [-0.05, 0) is 49.2 Å². The molecule has 2 atom stereocenters. The summed E-state index contributed by atoms with van der Waals surface area (Å²) in [4.78, 5) is 54.1. The van der Waals surface area contributed by atoms with Gasteiger partial charge in [0.1, 0.15) is 12.7 Å². The second-order valence-corrected chi connectivity index (χ2v) is 13.2. The number of methoxy groups -OCH3 is 1. The van der Waals surface area contributed by atoms with Crippen LogP contribution in [0, 0.1) is 0 Å². The van der Waals surface area contributed by atoms with Crippen LogP contribution in [0.5, 0.6) is 0 Å². The van der Waals surface area contributed by atoms with Crippen LogP contribution in [0.3, 0.4) is 0 Å². The topological polar surface area (TPSA) is 108 Å². The van der Waals surface area contributed by atoms with Gasteiger partial charge in [0.05, 0.1) is 18.2 Å². The van der Waals surface area contributed by atoms with Crippen molar-refractivity contribution in [3.8, 4) is 0 Å². The number of nitrogens with one attached hydrogen (secondary N) is 1. The lowest BCUT2D eigenvalue weighted by atomic mass is 9.88. The predicted octanol–water partition coefficient (Wildman–Crippen LogP) is 9.67. The van der Waals surface area contributed by atoms with Crippen LogP contribution in [0.15, 0.2) is 91.0 Å². The normalized spacial score (nSPS) is 12.7. The Morgan fingerprint density at radius 1 is 0.569 bits per heavy atom. The number of amides is 1. The fourth-order valence-corrected chi connectivity index (χ4v) is 6.21. The second-order valence-electron chi connectivity index (χ2n) is 13.2. The SMILES string of the molecule is CCCCCCCCCCCCCCCCC[C@@H](OC(=O)c1ccccc1)[C@@](COC(=O)c1ccccc1)(NC(=O)c1ccccc1)C(=O)OC. The van der Waals surface area contributed by atoms with Crippen LogP contribution in [-0.2, 0) is 19.0 Å². The number of hydrogen-bond donors (Lipinski definition) is 1. The molecule has 0 unspecified atom stereocenters. The molecule has 0 aliphatic heterocycles. The van der Waals surface area contributed by atoms with Crippen molar-refractivity contribution < 1.29 is 33.4 Å². The summed E-state index contributed by atoms with van der Waals surface area (Å²) in [5.41, 5.74) is -1.20. The van der Waals surface area contributed by atoms with E-state index in [-0.39, 0.29) is 23.1 Å². The average Bonchev–Trinajstić information content (AvgIpc) is 3.17. The van der Waals surface area contributed by atoms with E-state index in [4.69, 9.17) is 14.2 Å². The third-order valence-corrected chi connectivity index (χ3v) is 9.24. The Morgan fingerprint density at radius 2 is 0.980 bits per heavy atom. The summed E-state index contributed by atoms with van der Waals surface area (Å²) in [5.74, 6) is -2.86. The molecule has 1 N–H and O–H groups in total. The molecule has 0 aliphatic rings. The molecule has 0 radical (unpaired) electrons. The van der Waals surface area contributed by atoms with Gasteiger partial charge in [-0.3, -0.25) is 4.79 Å². The number of esters is 3. The van der Waals surface area contributed by atoms with Crippen molar-refractivity contribution in [1.29, 1.82) is 0 Å². The molecule has 0 saturated heterocycles. The molecule has 0 bridgehead atoms. The van der Waals surface area contributed by atoms with Gasteiger partial charge in [0.2, 0.25) is 5.54 Å². The Balaban J connectivity index is 1.72. The molecule has 0 aliphatic carbocycles. The molecule has 0 heterocycles. The van der Waals surface area contributed by atoms with E-state index in [1.165, 1.54) is 71.3 Å². The van der Waals surface area contributed by atoms with Gasteiger partial charge in [0, 0.05) is 5.56 Å². The molecule has 0 aromatic heterocycles. The maximum atomic E-state index is 13.9. The van der Waals surface area contributed by atoms with E-state index in [0.717, 1.165) is 25.7 Å². The van der Waals surface area contributed by atoms with Crippen LogP contribution in [-0.4, -0.2) is 49.2 Å². The average molecular weight is 700 g/mol. The van der Waals surface area contributed by atoms with E-state index >= 15 is 0 Å². The summed E-state index contributed by atoms with van der Waals surface area (Å²) >= 11 is 0. The van der Waals surface area contributed by atoms with Gasteiger partial charge in [-0.25, -0.2) is 14.4 Å². The van der Waals surface area contributed by atoms with Crippen molar-refractivity contribution in [2.45, 2.75) is 121 Å². The molecule has 276 valence electrons. The number of carbonyl (C=O) groups excluding carboxylic acids is 4. The highest BCUT2D eigenvalue weighted by Gasteiger charge is 2.52. The third-order valence-electron chi connectivity index (χ3n) is 9.24. The number of ether oxygens (including phenoxy) is 3. The van der Waals surface area contributed by atoms with E-state index in [1.54, 1.807) is 91.0 Å². The minimum atomic E-state index is -2.04. The molecule has 0 saturated carbocycles. The molecule has 0 spiro atoms. The van der Waals surface area contributed by atoms with Crippen molar-refractivity contribution in [2.24, 2.45) is 0 Å². The maximum Gasteiger partial charge on any atom is 0.339 e. The van der Waals surface area contributed by atoms with E-state index in [1.807, 2.05) is 0 Å². The van der Waals surface area contributed by atoms with E-state index in [0.29, 0.717) is 6.42 Å². The molecule has 8 heteroatoms. The van der Waals surface area contributed by atoms with Gasteiger partial charge in [0.25, 0.3) is 5.91 Å². The molecule has 3 aromatic rings. The van der Waals surface area contributed by atoms with Crippen molar-refractivity contribution in [3.05, 3.63) is 108 Å². The quantitative estimate of drug-likeness (QED) is 0.0533. The maximum absolute atomic E-state index is 13.9. The number of benzene rings is 3. The van der Waals surface area contributed by atoms with E-state index in [2.05, 4.69) is 12.2 Å². The monoisotopic (exact) mass is 699 g/mol. The first kappa shape index (κ1) is 41.0. The van der Waals surface area contributed by atoms with Gasteiger partial charge in [-0.15, -0.1) is 0 Å². The molecule has 3 aromatic carbocycles. The highest BCUT2D eigenvalue weighted by atomic mass is 16.6. The minimum absolute atomic E-state index is 0.226. The number of hydrogen-bond acceptors (Lipinski definition) is 7. The molecular weight excluding hydrogens is 642 g/mol. The smallest absolute Gasteiger partial charge is 0.339 e. The van der Waals surface area contributed by atoms with Crippen LogP contribution in [0.1, 0.15) is 141 Å². The lowest BCUT2D eigenvalue weighted by Crippen LogP contribution is -2.66. The number of rotatable bonds is 25. The van der Waals surface area contributed by atoms with Gasteiger partial charge in [0.15, 0.2) is 0 Å². The van der Waals surface area contributed by atoms with Crippen molar-refractivity contribution in [2.75, 3.05) is 13.7 Å². The second kappa shape index (κ2) is 23.9. The number of carbonyl (C=O) groups is 4. The molecule has 3 rings (SSSR count). The first-order valence-electron chi connectivity index (χ1n) is 18.9. The molecule has 0 fully saturated rings. The zero-order valence-electron chi connectivity index (χ0n) is 30.6. The summed E-state index contributed by atoms with van der Waals surface area (Å²) in [6.07, 6.45) is 16.8. The summed E-state index contributed by atoms with van der Waals surface area (Å²) < 4.78 is 17.0. The van der Waals surface area contributed by atoms with Gasteiger partial charge >= 0.3 is 17.9 Å². The lowest BCUT2D eigenvalue weighted by Gasteiger charge is -2.37. The summed E-state index contributed by atoms with van der Waals surface area (Å²) in [6.45, 7) is 1.64. The summed E-state index contributed by atoms with van der Waals surface area (Å²) in [5, 5.41) is 2.80. The largest absolute Gasteiger partial charge is 0.467 e. The fraction of sp³-hybridized carbons (Fsp3) is 0.488. The number of unbranched alkanes of at least 4 members (excludes halogenated alkanes) is 14. The van der Waals surface area contributed by atoms with Crippen LogP contribution in [0.4, 0.5) is 0 Å². The Kier molecular flexibility index (Phi) is 19.2. The van der Waals surface area contributed by atoms with Crippen LogP contribution in [0.25, 0.3) is 0 Å². The Morgan fingerprint density at radius 3 is 1.43 bits per heavy atom. The Hall–Kier alpha value is -4.46.